The van der Waals surface area contributed by atoms with Gasteiger partial charge in [-0.2, -0.15) is 5.10 Å². The van der Waals surface area contributed by atoms with Gasteiger partial charge in [-0.25, -0.2) is 9.07 Å². The second-order valence-corrected chi connectivity index (χ2v) is 7.55. The molecule has 1 saturated heterocycles. The van der Waals surface area contributed by atoms with Gasteiger partial charge >= 0.3 is 0 Å². The van der Waals surface area contributed by atoms with Crippen molar-refractivity contribution >= 4 is 5.91 Å². The van der Waals surface area contributed by atoms with Crippen molar-refractivity contribution in [3.05, 3.63) is 48.0 Å². The van der Waals surface area contributed by atoms with Gasteiger partial charge in [0, 0.05) is 37.2 Å². The Kier molecular flexibility index (Phi) is 3.68. The lowest BCUT2D eigenvalue weighted by Crippen LogP contribution is -2.66. The molecular weight excluding hydrogens is 321 g/mol. The first-order valence-electron chi connectivity index (χ1n) is 8.60. The second-order valence-electron chi connectivity index (χ2n) is 7.55. The predicted molar refractivity (Wildman–Crippen MR) is 91.0 cm³/mol. The number of nitrogens with zero attached hydrogens (tertiary/aromatic N) is 3. The molecule has 3 atom stereocenters. The van der Waals surface area contributed by atoms with E-state index in [2.05, 4.69) is 18.9 Å². The van der Waals surface area contributed by atoms with Crippen molar-refractivity contribution in [3.8, 4) is 5.69 Å². The van der Waals surface area contributed by atoms with Gasteiger partial charge in [-0.1, -0.05) is 13.8 Å². The first-order valence-corrected chi connectivity index (χ1v) is 8.60. The molecule has 5 nitrogen and oxygen atoms in total. The van der Waals surface area contributed by atoms with Gasteiger partial charge in [0.2, 0.25) is 0 Å². The molecule has 25 heavy (non-hydrogen) atoms. The Morgan fingerprint density at radius 1 is 1.32 bits per heavy atom. The Hall–Kier alpha value is -2.21. The fraction of sp³-hybridized carbons (Fsp3) is 0.474. The third-order valence-electron chi connectivity index (χ3n) is 5.68. The zero-order valence-electron chi connectivity index (χ0n) is 14.6. The summed E-state index contributed by atoms with van der Waals surface area (Å²) in [7, 11) is 1.85. The van der Waals surface area contributed by atoms with E-state index in [0.717, 1.165) is 18.7 Å². The summed E-state index contributed by atoms with van der Waals surface area (Å²) in [6.07, 6.45) is 2.96. The minimum Gasteiger partial charge on any atom is -0.377 e. The number of rotatable bonds is 3. The van der Waals surface area contributed by atoms with Crippen LogP contribution in [0, 0.1) is 17.2 Å². The van der Waals surface area contributed by atoms with Crippen molar-refractivity contribution in [2.24, 2.45) is 11.3 Å². The van der Waals surface area contributed by atoms with Gasteiger partial charge in [-0.3, -0.25) is 4.79 Å². The Bertz CT molecular complexity index is 799. The van der Waals surface area contributed by atoms with Crippen molar-refractivity contribution in [2.75, 3.05) is 13.7 Å². The van der Waals surface area contributed by atoms with E-state index in [1.54, 1.807) is 29.1 Å². The maximum atomic E-state index is 13.1. The van der Waals surface area contributed by atoms with Gasteiger partial charge in [0.05, 0.1) is 11.8 Å². The molecule has 1 aromatic heterocycles. The van der Waals surface area contributed by atoms with Gasteiger partial charge < -0.3 is 9.64 Å². The topological polar surface area (TPSA) is 47.4 Å². The summed E-state index contributed by atoms with van der Waals surface area (Å²) in [4.78, 5) is 14.7. The number of benzene rings is 1. The van der Waals surface area contributed by atoms with E-state index in [1.165, 1.54) is 12.1 Å². The number of carbonyl (C=O) groups is 1. The highest BCUT2D eigenvalue weighted by atomic mass is 19.1. The Morgan fingerprint density at radius 3 is 2.76 bits per heavy atom. The van der Waals surface area contributed by atoms with E-state index in [0.29, 0.717) is 11.6 Å². The summed E-state index contributed by atoms with van der Waals surface area (Å²) in [5, 5.41) is 4.38. The fourth-order valence-electron chi connectivity index (χ4n) is 4.57. The molecule has 2 aromatic rings. The number of halogens is 1. The number of carbonyl (C=O) groups excluding carboxylic acids is 1. The maximum absolute atomic E-state index is 13.1. The first-order chi connectivity index (χ1) is 11.9. The van der Waals surface area contributed by atoms with E-state index >= 15 is 0 Å². The molecule has 1 aliphatic heterocycles. The molecule has 1 amide bonds. The quantitative estimate of drug-likeness (QED) is 0.861. The Labute approximate surface area is 146 Å². The maximum Gasteiger partial charge on any atom is 0.274 e. The summed E-state index contributed by atoms with van der Waals surface area (Å²) >= 11 is 0. The van der Waals surface area contributed by atoms with Crippen LogP contribution in [-0.4, -0.2) is 46.4 Å². The van der Waals surface area contributed by atoms with Crippen molar-refractivity contribution in [1.29, 1.82) is 0 Å². The van der Waals surface area contributed by atoms with Crippen LogP contribution in [-0.2, 0) is 4.74 Å². The molecule has 0 radical (unpaired) electrons. The molecule has 0 N–H and O–H groups in total. The van der Waals surface area contributed by atoms with Crippen LogP contribution in [0.1, 0.15) is 30.8 Å². The average Bonchev–Trinajstić information content (AvgIpc) is 3.23. The third-order valence-corrected chi connectivity index (χ3v) is 5.68. The van der Waals surface area contributed by atoms with Crippen molar-refractivity contribution in [2.45, 2.75) is 32.4 Å². The molecule has 4 rings (SSSR count). The van der Waals surface area contributed by atoms with Gasteiger partial charge in [-0.05, 0) is 36.8 Å². The molecule has 132 valence electrons. The van der Waals surface area contributed by atoms with Crippen LogP contribution in [0.4, 0.5) is 4.39 Å². The van der Waals surface area contributed by atoms with Gasteiger partial charge in [0.25, 0.3) is 5.91 Å². The highest BCUT2D eigenvalue weighted by Crippen LogP contribution is 2.54. The SMILES string of the molecule is CN(C(=O)c1ccn(-c2ccc(F)cc2)n1)[C@@H]1[C@H]2CCO[C@H]2C1(C)C. The molecule has 0 unspecified atom stereocenters. The molecule has 2 fully saturated rings. The average molecular weight is 343 g/mol. The predicted octanol–water partition coefficient (Wildman–Crippen LogP) is 2.90. The minimum atomic E-state index is -0.299. The molecule has 0 bridgehead atoms. The van der Waals surface area contributed by atoms with Crippen LogP contribution in [0.25, 0.3) is 5.69 Å². The van der Waals surface area contributed by atoms with Crippen LogP contribution < -0.4 is 0 Å². The Balaban J connectivity index is 1.54. The second kappa shape index (κ2) is 5.66. The number of ether oxygens (including phenoxy) is 1. The van der Waals surface area contributed by atoms with Crippen LogP contribution in [0.2, 0.25) is 0 Å². The van der Waals surface area contributed by atoms with Crippen molar-refractivity contribution in [3.63, 3.8) is 0 Å². The van der Waals surface area contributed by atoms with E-state index in [4.69, 9.17) is 4.74 Å². The molecule has 1 aliphatic carbocycles. The highest BCUT2D eigenvalue weighted by Gasteiger charge is 2.61. The molecule has 6 heteroatoms. The number of hydrogen-bond donors (Lipinski definition) is 0. The zero-order valence-corrected chi connectivity index (χ0v) is 14.6. The fourth-order valence-corrected chi connectivity index (χ4v) is 4.57. The smallest absolute Gasteiger partial charge is 0.274 e. The first kappa shape index (κ1) is 16.3. The van der Waals surface area contributed by atoms with E-state index in [1.807, 2.05) is 11.9 Å². The summed E-state index contributed by atoms with van der Waals surface area (Å²) in [6.45, 7) is 5.09. The molecule has 2 heterocycles. The number of fused-ring (bicyclic) bond motifs is 1. The van der Waals surface area contributed by atoms with Crippen LogP contribution in [0.3, 0.4) is 0 Å². The number of hydrogen-bond acceptors (Lipinski definition) is 3. The monoisotopic (exact) mass is 343 g/mol. The zero-order chi connectivity index (χ0) is 17.8. The largest absolute Gasteiger partial charge is 0.377 e. The summed E-state index contributed by atoms with van der Waals surface area (Å²) < 4.78 is 20.5. The summed E-state index contributed by atoms with van der Waals surface area (Å²) in [5.74, 6) is 0.0138. The molecular formula is C19H22FN3O2. The van der Waals surface area contributed by atoms with E-state index < -0.39 is 0 Å². The lowest BCUT2D eigenvalue weighted by Gasteiger charge is -2.57. The normalized spacial score (nSPS) is 26.8. The molecule has 2 aliphatic rings. The number of amides is 1. The van der Waals surface area contributed by atoms with Crippen molar-refractivity contribution in [1.82, 2.24) is 14.7 Å². The van der Waals surface area contributed by atoms with E-state index in [9.17, 15) is 9.18 Å². The lowest BCUT2D eigenvalue weighted by atomic mass is 9.57. The molecule has 0 spiro atoms. The minimum absolute atomic E-state index is 0.0505. The van der Waals surface area contributed by atoms with Crippen LogP contribution >= 0.6 is 0 Å². The third kappa shape index (κ3) is 2.47. The summed E-state index contributed by atoms with van der Waals surface area (Å²) in [6, 6.07) is 7.88. The van der Waals surface area contributed by atoms with E-state index in [-0.39, 0.29) is 29.3 Å². The molecule has 1 aromatic carbocycles. The molecule has 1 saturated carbocycles. The highest BCUT2D eigenvalue weighted by molar-refractivity contribution is 5.92. The van der Waals surface area contributed by atoms with Gasteiger partial charge in [-0.15, -0.1) is 0 Å². The van der Waals surface area contributed by atoms with Crippen LogP contribution in [0.15, 0.2) is 36.5 Å². The van der Waals surface area contributed by atoms with Gasteiger partial charge in [0.15, 0.2) is 5.69 Å². The van der Waals surface area contributed by atoms with Gasteiger partial charge in [0.1, 0.15) is 5.82 Å². The number of aromatic nitrogens is 2. The van der Waals surface area contributed by atoms with Crippen molar-refractivity contribution < 1.29 is 13.9 Å². The standard InChI is InChI=1S/C19H22FN3O2/c1-19(2)16(14-9-11-25-17(14)19)22(3)18(24)15-8-10-23(21-15)13-6-4-12(20)5-7-13/h4-8,10,14,16-17H,9,11H2,1-3H3/t14-,16-,17-/m1/s1. The van der Waals surface area contributed by atoms with Crippen LogP contribution in [0.5, 0.6) is 0 Å². The Morgan fingerprint density at radius 2 is 2.04 bits per heavy atom. The lowest BCUT2D eigenvalue weighted by molar-refractivity contribution is -0.139. The summed E-state index contributed by atoms with van der Waals surface area (Å²) in [5.41, 5.74) is 1.06.